The molecule has 0 aliphatic rings. The van der Waals surface area contributed by atoms with Gasteiger partial charge < -0.3 is 10.1 Å². The second-order valence-corrected chi connectivity index (χ2v) is 5.92. The van der Waals surface area contributed by atoms with Gasteiger partial charge in [-0.2, -0.15) is 0 Å². The SMILES string of the molecule is CCNCC(CC)(CC)CN(CCOC)C(CC)CC. The lowest BCUT2D eigenvalue weighted by molar-refractivity contribution is 0.0649. The molecule has 0 saturated heterocycles. The first-order valence-corrected chi connectivity index (χ1v) is 8.56. The number of nitrogens with zero attached hydrogens (tertiary/aromatic N) is 1. The van der Waals surface area contributed by atoms with E-state index < -0.39 is 0 Å². The van der Waals surface area contributed by atoms with Gasteiger partial charge in [0.25, 0.3) is 0 Å². The molecule has 0 fully saturated rings. The summed E-state index contributed by atoms with van der Waals surface area (Å²) in [7, 11) is 1.80. The summed E-state index contributed by atoms with van der Waals surface area (Å²) in [6.45, 7) is 16.7. The standard InChI is InChI=1S/C17H38N2O/c1-7-16(8-2)19(12-13-20-6)15-17(9-3,10-4)14-18-11-5/h16,18H,7-15H2,1-6H3. The molecule has 0 radical (unpaired) electrons. The van der Waals surface area contributed by atoms with Crippen molar-refractivity contribution in [1.29, 1.82) is 0 Å². The summed E-state index contributed by atoms with van der Waals surface area (Å²) >= 11 is 0. The highest BCUT2D eigenvalue weighted by molar-refractivity contribution is 4.85. The normalized spacial score (nSPS) is 12.6. The lowest BCUT2D eigenvalue weighted by atomic mass is 9.81. The van der Waals surface area contributed by atoms with Crippen LogP contribution in [-0.4, -0.2) is 50.8 Å². The average Bonchev–Trinajstić information content (AvgIpc) is 2.49. The highest BCUT2D eigenvalue weighted by atomic mass is 16.5. The molecular formula is C17H38N2O. The Morgan fingerprint density at radius 1 is 1.05 bits per heavy atom. The topological polar surface area (TPSA) is 24.5 Å². The molecule has 0 spiro atoms. The number of hydrogen-bond acceptors (Lipinski definition) is 3. The minimum absolute atomic E-state index is 0.395. The molecule has 0 heterocycles. The van der Waals surface area contributed by atoms with Crippen molar-refractivity contribution in [3.63, 3.8) is 0 Å². The van der Waals surface area contributed by atoms with Crippen LogP contribution in [0.2, 0.25) is 0 Å². The molecule has 0 aromatic rings. The molecule has 0 atom stereocenters. The van der Waals surface area contributed by atoms with E-state index >= 15 is 0 Å². The molecule has 0 rings (SSSR count). The van der Waals surface area contributed by atoms with Crippen LogP contribution in [-0.2, 0) is 4.74 Å². The molecule has 0 aromatic heterocycles. The maximum atomic E-state index is 5.32. The van der Waals surface area contributed by atoms with E-state index in [9.17, 15) is 0 Å². The van der Waals surface area contributed by atoms with E-state index in [1.807, 2.05) is 0 Å². The fraction of sp³-hybridized carbons (Fsp3) is 1.00. The highest BCUT2D eigenvalue weighted by Gasteiger charge is 2.30. The Morgan fingerprint density at radius 3 is 2.05 bits per heavy atom. The van der Waals surface area contributed by atoms with Gasteiger partial charge in [-0.3, -0.25) is 4.90 Å². The zero-order valence-corrected chi connectivity index (χ0v) is 14.8. The number of methoxy groups -OCH3 is 1. The summed E-state index contributed by atoms with van der Waals surface area (Å²) in [6, 6.07) is 0.684. The first-order chi connectivity index (χ1) is 9.62. The smallest absolute Gasteiger partial charge is 0.0589 e. The molecule has 0 aliphatic carbocycles. The number of hydrogen-bond donors (Lipinski definition) is 1. The van der Waals surface area contributed by atoms with Crippen molar-refractivity contribution in [1.82, 2.24) is 10.2 Å². The molecule has 0 amide bonds. The quantitative estimate of drug-likeness (QED) is 0.560. The predicted molar refractivity (Wildman–Crippen MR) is 89.4 cm³/mol. The predicted octanol–water partition coefficient (Wildman–Crippen LogP) is 3.54. The van der Waals surface area contributed by atoms with Crippen molar-refractivity contribution in [3.05, 3.63) is 0 Å². The summed E-state index contributed by atoms with van der Waals surface area (Å²) in [4.78, 5) is 2.66. The van der Waals surface area contributed by atoms with E-state index in [1.54, 1.807) is 7.11 Å². The maximum Gasteiger partial charge on any atom is 0.0589 e. The van der Waals surface area contributed by atoms with Crippen molar-refractivity contribution in [2.24, 2.45) is 5.41 Å². The molecule has 0 aliphatic heterocycles. The van der Waals surface area contributed by atoms with E-state index in [0.29, 0.717) is 11.5 Å². The van der Waals surface area contributed by atoms with Crippen LogP contribution in [0, 0.1) is 5.41 Å². The summed E-state index contributed by atoms with van der Waals surface area (Å²) in [5.74, 6) is 0. The van der Waals surface area contributed by atoms with Crippen LogP contribution in [0.5, 0.6) is 0 Å². The Balaban J connectivity index is 4.84. The van der Waals surface area contributed by atoms with Crippen LogP contribution in [0.4, 0.5) is 0 Å². The molecule has 3 heteroatoms. The monoisotopic (exact) mass is 286 g/mol. The van der Waals surface area contributed by atoms with Gasteiger partial charge in [-0.25, -0.2) is 0 Å². The largest absolute Gasteiger partial charge is 0.383 e. The molecule has 0 unspecified atom stereocenters. The van der Waals surface area contributed by atoms with E-state index in [2.05, 4.69) is 44.8 Å². The van der Waals surface area contributed by atoms with Gasteiger partial charge in [0.05, 0.1) is 6.61 Å². The Morgan fingerprint density at radius 2 is 1.65 bits per heavy atom. The lowest BCUT2D eigenvalue weighted by Gasteiger charge is -2.41. The van der Waals surface area contributed by atoms with E-state index in [1.165, 1.54) is 32.2 Å². The molecule has 20 heavy (non-hydrogen) atoms. The Bertz CT molecular complexity index is 213. The first kappa shape index (κ1) is 19.9. The van der Waals surface area contributed by atoms with Crippen LogP contribution >= 0.6 is 0 Å². The second kappa shape index (κ2) is 11.5. The Kier molecular flexibility index (Phi) is 11.5. The third-order valence-electron chi connectivity index (χ3n) is 4.83. The number of rotatable bonds is 13. The van der Waals surface area contributed by atoms with E-state index in [4.69, 9.17) is 4.74 Å². The first-order valence-electron chi connectivity index (χ1n) is 8.56. The Hall–Kier alpha value is -0.120. The number of nitrogens with one attached hydrogen (secondary N) is 1. The highest BCUT2D eigenvalue weighted by Crippen LogP contribution is 2.28. The third kappa shape index (κ3) is 6.55. The van der Waals surface area contributed by atoms with Crippen molar-refractivity contribution in [3.8, 4) is 0 Å². The maximum absolute atomic E-state index is 5.32. The summed E-state index contributed by atoms with van der Waals surface area (Å²) in [5, 5.41) is 3.57. The molecule has 0 aromatic carbocycles. The Labute approximate surface area is 127 Å². The fourth-order valence-corrected chi connectivity index (χ4v) is 3.00. The number of ether oxygens (including phenoxy) is 1. The molecule has 0 saturated carbocycles. The van der Waals surface area contributed by atoms with Crippen molar-refractivity contribution in [2.75, 3.05) is 39.9 Å². The third-order valence-corrected chi connectivity index (χ3v) is 4.83. The van der Waals surface area contributed by atoms with Gasteiger partial charge >= 0.3 is 0 Å². The van der Waals surface area contributed by atoms with Crippen LogP contribution < -0.4 is 5.32 Å². The second-order valence-electron chi connectivity index (χ2n) is 5.92. The summed E-state index contributed by atoms with van der Waals surface area (Å²) < 4.78 is 5.32. The van der Waals surface area contributed by atoms with Gasteiger partial charge in [0.15, 0.2) is 0 Å². The molecule has 0 bridgehead atoms. The van der Waals surface area contributed by atoms with Crippen molar-refractivity contribution >= 4 is 0 Å². The minimum Gasteiger partial charge on any atom is -0.383 e. The van der Waals surface area contributed by atoms with Gasteiger partial charge in [-0.15, -0.1) is 0 Å². The van der Waals surface area contributed by atoms with Gasteiger partial charge in [0.2, 0.25) is 0 Å². The van der Waals surface area contributed by atoms with Gasteiger partial charge in [0, 0.05) is 32.8 Å². The van der Waals surface area contributed by atoms with E-state index in [-0.39, 0.29) is 0 Å². The van der Waals surface area contributed by atoms with Gasteiger partial charge in [-0.1, -0.05) is 34.6 Å². The average molecular weight is 287 g/mol. The summed E-state index contributed by atoms with van der Waals surface area (Å²) in [5.41, 5.74) is 0.395. The van der Waals surface area contributed by atoms with Gasteiger partial charge in [-0.05, 0) is 37.6 Å². The van der Waals surface area contributed by atoms with Gasteiger partial charge in [0.1, 0.15) is 0 Å². The van der Waals surface area contributed by atoms with E-state index in [0.717, 1.165) is 26.2 Å². The molecule has 3 nitrogen and oxygen atoms in total. The fourth-order valence-electron chi connectivity index (χ4n) is 3.00. The zero-order chi connectivity index (χ0) is 15.4. The molecular weight excluding hydrogens is 248 g/mol. The molecule has 122 valence electrons. The lowest BCUT2D eigenvalue weighted by Crippen LogP contribution is -2.48. The van der Waals surface area contributed by atoms with Crippen LogP contribution in [0.15, 0.2) is 0 Å². The molecule has 1 N–H and O–H groups in total. The summed E-state index contributed by atoms with van der Waals surface area (Å²) in [6.07, 6.45) is 4.93. The van der Waals surface area contributed by atoms with Crippen LogP contribution in [0.1, 0.15) is 60.3 Å². The van der Waals surface area contributed by atoms with Crippen molar-refractivity contribution in [2.45, 2.75) is 66.3 Å². The zero-order valence-electron chi connectivity index (χ0n) is 14.8. The van der Waals surface area contributed by atoms with Crippen LogP contribution in [0.3, 0.4) is 0 Å². The minimum atomic E-state index is 0.395. The van der Waals surface area contributed by atoms with Crippen LogP contribution in [0.25, 0.3) is 0 Å². The van der Waals surface area contributed by atoms with Crippen molar-refractivity contribution < 1.29 is 4.74 Å².